The van der Waals surface area contributed by atoms with Gasteiger partial charge in [-0.1, -0.05) is 68.8 Å². The second kappa shape index (κ2) is 14.7. The van der Waals surface area contributed by atoms with Crippen LogP contribution in [-0.4, -0.2) is 50.9 Å². The highest BCUT2D eigenvalue weighted by Crippen LogP contribution is 2.26. The number of nitrogens with zero attached hydrogens (tertiary/aromatic N) is 2. The molecule has 0 saturated carbocycles. The van der Waals surface area contributed by atoms with Crippen LogP contribution in [0.1, 0.15) is 45.2 Å². The molecule has 2 amide bonds. The maximum atomic E-state index is 14.1. The highest BCUT2D eigenvalue weighted by molar-refractivity contribution is 7.92. The second-order valence-corrected chi connectivity index (χ2v) is 12.2. The summed E-state index contributed by atoms with van der Waals surface area (Å²) < 4.78 is 34.5. The van der Waals surface area contributed by atoms with Gasteiger partial charge in [0.1, 0.15) is 18.3 Å². The van der Waals surface area contributed by atoms with Crippen molar-refractivity contribution in [2.75, 3.05) is 24.0 Å². The number of hydrogen-bond acceptors (Lipinski definition) is 5. The predicted molar refractivity (Wildman–Crippen MR) is 162 cm³/mol. The lowest BCUT2D eigenvalue weighted by Gasteiger charge is -2.33. The summed E-state index contributed by atoms with van der Waals surface area (Å²) in [6, 6.07) is 21.6. The molecule has 0 bridgehead atoms. The smallest absolute Gasteiger partial charge is 0.264 e. The van der Waals surface area contributed by atoms with Crippen LogP contribution in [0.25, 0.3) is 0 Å². The zero-order valence-electron chi connectivity index (χ0n) is 24.5. The van der Waals surface area contributed by atoms with E-state index in [4.69, 9.17) is 4.74 Å². The number of anilines is 1. The molecular weight excluding hydrogens is 538 g/mol. The number of nitrogens with one attached hydrogen (secondary N) is 1. The first-order valence-corrected chi connectivity index (χ1v) is 15.4. The lowest BCUT2D eigenvalue weighted by atomic mass is 10.1. The minimum atomic E-state index is -4.14. The fourth-order valence-electron chi connectivity index (χ4n) is 4.47. The molecule has 9 heteroatoms. The maximum Gasteiger partial charge on any atom is 0.264 e. The highest BCUT2D eigenvalue weighted by atomic mass is 32.2. The molecule has 0 spiro atoms. The van der Waals surface area contributed by atoms with Gasteiger partial charge in [-0.25, -0.2) is 8.42 Å². The Morgan fingerprint density at radius 1 is 0.927 bits per heavy atom. The van der Waals surface area contributed by atoms with Crippen LogP contribution in [0.15, 0.2) is 83.8 Å². The van der Waals surface area contributed by atoms with Gasteiger partial charge in [0.15, 0.2) is 0 Å². The zero-order valence-corrected chi connectivity index (χ0v) is 25.4. The number of rotatable bonds is 14. The summed E-state index contributed by atoms with van der Waals surface area (Å²) in [6.07, 6.45) is 0.373. The molecule has 1 N–H and O–H groups in total. The molecule has 41 heavy (non-hydrogen) atoms. The third kappa shape index (κ3) is 8.57. The minimum Gasteiger partial charge on any atom is -0.494 e. The third-order valence-electron chi connectivity index (χ3n) is 6.55. The Labute approximate surface area is 244 Å². The van der Waals surface area contributed by atoms with Crippen molar-refractivity contribution in [3.8, 4) is 5.75 Å². The Morgan fingerprint density at radius 2 is 1.61 bits per heavy atom. The third-order valence-corrected chi connectivity index (χ3v) is 8.34. The topological polar surface area (TPSA) is 96.0 Å². The van der Waals surface area contributed by atoms with E-state index in [1.54, 1.807) is 42.5 Å². The van der Waals surface area contributed by atoms with Crippen molar-refractivity contribution in [1.29, 1.82) is 0 Å². The van der Waals surface area contributed by atoms with Gasteiger partial charge in [-0.05, 0) is 68.1 Å². The van der Waals surface area contributed by atoms with Crippen LogP contribution in [-0.2, 0) is 26.2 Å². The fraction of sp³-hybridized carbons (Fsp3) is 0.375. The van der Waals surface area contributed by atoms with Crippen LogP contribution in [0, 0.1) is 12.8 Å². The van der Waals surface area contributed by atoms with Gasteiger partial charge in [0.2, 0.25) is 11.8 Å². The van der Waals surface area contributed by atoms with Crippen molar-refractivity contribution in [1.82, 2.24) is 10.2 Å². The van der Waals surface area contributed by atoms with Gasteiger partial charge in [-0.15, -0.1) is 0 Å². The van der Waals surface area contributed by atoms with Crippen molar-refractivity contribution < 1.29 is 22.7 Å². The summed E-state index contributed by atoms with van der Waals surface area (Å²) in [5.41, 5.74) is 2.23. The molecule has 0 heterocycles. The van der Waals surface area contributed by atoms with Crippen molar-refractivity contribution >= 4 is 27.5 Å². The molecule has 1 unspecified atom stereocenters. The molecule has 3 aromatic rings. The molecule has 0 aliphatic heterocycles. The number of ether oxygens (including phenoxy) is 1. The molecule has 0 radical (unpaired) electrons. The summed E-state index contributed by atoms with van der Waals surface area (Å²) in [5, 5.41) is 2.95. The molecule has 3 rings (SSSR count). The molecule has 0 aliphatic carbocycles. The summed E-state index contributed by atoms with van der Waals surface area (Å²) in [4.78, 5) is 28.9. The van der Waals surface area contributed by atoms with Crippen molar-refractivity contribution in [3.63, 3.8) is 0 Å². The quantitative estimate of drug-likeness (QED) is 0.284. The van der Waals surface area contributed by atoms with Gasteiger partial charge < -0.3 is 15.0 Å². The first-order valence-electron chi connectivity index (χ1n) is 14.0. The fourth-order valence-corrected chi connectivity index (χ4v) is 5.89. The lowest BCUT2D eigenvalue weighted by molar-refractivity contribution is -0.140. The van der Waals surface area contributed by atoms with E-state index in [1.807, 2.05) is 58.9 Å². The molecule has 220 valence electrons. The molecule has 1 atom stereocenters. The van der Waals surface area contributed by atoms with Crippen LogP contribution < -0.4 is 14.4 Å². The van der Waals surface area contributed by atoms with Gasteiger partial charge in [0.05, 0.1) is 17.2 Å². The first-order chi connectivity index (χ1) is 19.6. The molecule has 0 fully saturated rings. The molecule has 0 aromatic heterocycles. The Morgan fingerprint density at radius 3 is 2.20 bits per heavy atom. The number of amides is 2. The first kappa shape index (κ1) is 31.7. The van der Waals surface area contributed by atoms with Gasteiger partial charge in [0.25, 0.3) is 10.0 Å². The standard InChI is InChI=1S/C32H41N3O5S/c1-6-30(32(37)33-21-24(3)4)34(22-26-13-11-12-25(5)20-26)31(36)23-35(27-14-9-8-10-15-27)41(38,39)29-18-16-28(17-19-29)40-7-2/h8-20,24,30H,6-7,21-23H2,1-5H3,(H,33,37). The number of benzene rings is 3. The summed E-state index contributed by atoms with van der Waals surface area (Å²) >= 11 is 0. The zero-order chi connectivity index (χ0) is 30.0. The molecule has 0 aliphatic rings. The number of sulfonamides is 1. The Hall–Kier alpha value is -3.85. The second-order valence-electron chi connectivity index (χ2n) is 10.3. The van der Waals surface area contributed by atoms with Crippen LogP contribution in [0.2, 0.25) is 0 Å². The predicted octanol–water partition coefficient (Wildman–Crippen LogP) is 5.17. The van der Waals surface area contributed by atoms with Gasteiger partial charge in [-0.2, -0.15) is 0 Å². The van der Waals surface area contributed by atoms with E-state index in [1.165, 1.54) is 17.0 Å². The summed E-state index contributed by atoms with van der Waals surface area (Å²) in [6.45, 7) is 10.3. The number of hydrogen-bond donors (Lipinski definition) is 1. The summed E-state index contributed by atoms with van der Waals surface area (Å²) in [5.74, 6) is 0.0563. The maximum absolute atomic E-state index is 14.1. The molecule has 8 nitrogen and oxygen atoms in total. The normalized spacial score (nSPS) is 12.0. The number of carbonyl (C=O) groups excluding carboxylic acids is 2. The van der Waals surface area contributed by atoms with Crippen molar-refractivity contribution in [2.45, 2.75) is 58.5 Å². The molecular formula is C32H41N3O5S. The number of aryl methyl sites for hydroxylation is 1. The van der Waals surface area contributed by atoms with Gasteiger partial charge >= 0.3 is 0 Å². The van der Waals surface area contributed by atoms with Crippen LogP contribution in [0.3, 0.4) is 0 Å². The van der Waals surface area contributed by atoms with E-state index in [-0.39, 0.29) is 23.3 Å². The van der Waals surface area contributed by atoms with Gasteiger partial charge in [0, 0.05) is 13.1 Å². The Kier molecular flexibility index (Phi) is 11.3. The number of carbonyl (C=O) groups is 2. The van der Waals surface area contributed by atoms with Crippen LogP contribution >= 0.6 is 0 Å². The van der Waals surface area contributed by atoms with Crippen molar-refractivity contribution in [2.24, 2.45) is 5.92 Å². The van der Waals surface area contributed by atoms with Gasteiger partial charge in [-0.3, -0.25) is 13.9 Å². The Balaban J connectivity index is 2.01. The van der Waals surface area contributed by atoms with E-state index in [0.29, 0.717) is 31.0 Å². The summed E-state index contributed by atoms with van der Waals surface area (Å²) in [7, 11) is -4.14. The minimum absolute atomic E-state index is 0.0320. The van der Waals surface area contributed by atoms with E-state index in [2.05, 4.69) is 5.32 Å². The van der Waals surface area contributed by atoms with Crippen LogP contribution in [0.5, 0.6) is 5.75 Å². The molecule has 3 aromatic carbocycles. The Bertz CT molecular complexity index is 1390. The number of para-hydroxylation sites is 1. The monoisotopic (exact) mass is 579 g/mol. The lowest BCUT2D eigenvalue weighted by Crippen LogP contribution is -2.52. The van der Waals surface area contributed by atoms with Crippen molar-refractivity contribution in [3.05, 3.63) is 90.0 Å². The SMILES string of the molecule is CCOc1ccc(S(=O)(=O)N(CC(=O)N(Cc2cccc(C)c2)C(CC)C(=O)NCC(C)C)c2ccccc2)cc1. The van der Waals surface area contributed by atoms with E-state index >= 15 is 0 Å². The highest BCUT2D eigenvalue weighted by Gasteiger charge is 2.33. The molecule has 0 saturated heterocycles. The average Bonchev–Trinajstić information content (AvgIpc) is 2.95. The van der Waals surface area contributed by atoms with E-state index in [0.717, 1.165) is 15.4 Å². The van der Waals surface area contributed by atoms with E-state index in [9.17, 15) is 18.0 Å². The van der Waals surface area contributed by atoms with E-state index < -0.39 is 28.5 Å². The largest absolute Gasteiger partial charge is 0.494 e. The van der Waals surface area contributed by atoms with Crippen LogP contribution in [0.4, 0.5) is 5.69 Å². The average molecular weight is 580 g/mol.